The SMILES string of the molecule is CCCCC/C=C\CCCCCCCC(=O)OCCCCCCCC/C=C\CCCCCC(=O)NC(CO)C(O)/C=C/CCCCCCCCCCCCCCCCCC. The number of ether oxygens (including phenoxy) is 1. The van der Waals surface area contributed by atoms with Gasteiger partial charge >= 0.3 is 5.97 Å². The van der Waals surface area contributed by atoms with Crippen molar-refractivity contribution >= 4 is 11.9 Å². The molecule has 0 spiro atoms. The van der Waals surface area contributed by atoms with Crippen molar-refractivity contribution < 1.29 is 24.5 Å². The standard InChI is InChI=1S/C54H101NO5/c1-3-5-7-9-11-13-15-17-18-19-20-21-23-26-30-34-38-42-46-52(57)51(50-56)55-53(58)47-43-39-35-31-27-24-22-25-29-33-37-41-45-49-60-54(59)48-44-40-36-32-28-16-14-12-10-8-6-4-2/h12,14,24,27,42,46,51-52,56-57H,3-11,13,15-23,25-26,28-41,43-45,47-50H2,1-2H3,(H,55,58)/b14-12-,27-24-,46-42+. The van der Waals surface area contributed by atoms with Crippen LogP contribution < -0.4 is 5.32 Å². The summed E-state index contributed by atoms with van der Waals surface area (Å²) in [4.78, 5) is 24.4. The van der Waals surface area contributed by atoms with Gasteiger partial charge in [-0.2, -0.15) is 0 Å². The Morgan fingerprint density at radius 1 is 0.450 bits per heavy atom. The Hall–Kier alpha value is -1.92. The Morgan fingerprint density at radius 2 is 0.783 bits per heavy atom. The fourth-order valence-electron chi connectivity index (χ4n) is 7.80. The molecule has 0 aromatic carbocycles. The minimum atomic E-state index is -0.862. The van der Waals surface area contributed by atoms with E-state index in [-0.39, 0.29) is 18.5 Å². The number of unbranched alkanes of at least 4 members (excludes halogenated alkanes) is 33. The fourth-order valence-corrected chi connectivity index (χ4v) is 7.80. The third-order valence-corrected chi connectivity index (χ3v) is 11.9. The third-order valence-electron chi connectivity index (χ3n) is 11.9. The highest BCUT2D eigenvalue weighted by molar-refractivity contribution is 5.76. The van der Waals surface area contributed by atoms with Gasteiger partial charge in [0, 0.05) is 12.8 Å². The molecule has 1 amide bonds. The number of carbonyl (C=O) groups excluding carboxylic acids is 2. The van der Waals surface area contributed by atoms with Crippen molar-refractivity contribution in [3.05, 3.63) is 36.5 Å². The Kier molecular flexibility index (Phi) is 48.1. The third kappa shape index (κ3) is 45.6. The van der Waals surface area contributed by atoms with Crippen LogP contribution in [-0.4, -0.2) is 47.4 Å². The summed E-state index contributed by atoms with van der Waals surface area (Å²) >= 11 is 0. The zero-order valence-corrected chi connectivity index (χ0v) is 39.9. The number of carbonyl (C=O) groups is 2. The number of hydrogen-bond acceptors (Lipinski definition) is 5. The molecule has 0 aliphatic carbocycles. The molecule has 352 valence electrons. The molecule has 0 bridgehead atoms. The largest absolute Gasteiger partial charge is 0.466 e. The topological polar surface area (TPSA) is 95.9 Å². The fraction of sp³-hybridized carbons (Fsp3) is 0.852. The van der Waals surface area contributed by atoms with Crippen LogP contribution in [0.4, 0.5) is 0 Å². The van der Waals surface area contributed by atoms with Crippen molar-refractivity contribution in [2.75, 3.05) is 13.2 Å². The van der Waals surface area contributed by atoms with Crippen LogP contribution >= 0.6 is 0 Å². The summed E-state index contributed by atoms with van der Waals surface area (Å²) in [6, 6.07) is -0.649. The smallest absolute Gasteiger partial charge is 0.305 e. The number of aliphatic hydroxyl groups is 2. The first-order chi connectivity index (χ1) is 29.5. The lowest BCUT2D eigenvalue weighted by molar-refractivity contribution is -0.143. The zero-order chi connectivity index (χ0) is 43.7. The van der Waals surface area contributed by atoms with Crippen LogP contribution in [0.1, 0.15) is 271 Å². The molecule has 0 saturated carbocycles. The monoisotopic (exact) mass is 844 g/mol. The van der Waals surface area contributed by atoms with Crippen molar-refractivity contribution in [1.82, 2.24) is 5.32 Å². The molecule has 2 atom stereocenters. The summed E-state index contributed by atoms with van der Waals surface area (Å²) in [6.45, 7) is 4.83. The number of amides is 1. The second-order valence-corrected chi connectivity index (χ2v) is 17.8. The molecule has 0 heterocycles. The van der Waals surface area contributed by atoms with Crippen molar-refractivity contribution in [2.45, 2.75) is 283 Å². The first-order valence-corrected chi connectivity index (χ1v) is 26.3. The molecule has 0 aliphatic heterocycles. The number of aliphatic hydroxyl groups excluding tert-OH is 2. The molecule has 0 aromatic heterocycles. The predicted molar refractivity (Wildman–Crippen MR) is 259 cm³/mol. The molecule has 0 rings (SSSR count). The highest BCUT2D eigenvalue weighted by atomic mass is 16.5. The van der Waals surface area contributed by atoms with Crippen LogP contribution in [0, 0.1) is 0 Å². The quantitative estimate of drug-likeness (QED) is 0.0322. The molecular weight excluding hydrogens is 743 g/mol. The number of esters is 1. The molecule has 60 heavy (non-hydrogen) atoms. The van der Waals surface area contributed by atoms with Gasteiger partial charge in [0.25, 0.3) is 0 Å². The van der Waals surface area contributed by atoms with E-state index in [0.29, 0.717) is 19.4 Å². The highest BCUT2D eigenvalue weighted by Crippen LogP contribution is 2.15. The first kappa shape index (κ1) is 58.1. The predicted octanol–water partition coefficient (Wildman–Crippen LogP) is 15.7. The van der Waals surface area contributed by atoms with Crippen molar-refractivity contribution in [3.63, 3.8) is 0 Å². The van der Waals surface area contributed by atoms with Gasteiger partial charge in [0.05, 0.1) is 25.4 Å². The van der Waals surface area contributed by atoms with Crippen LogP contribution in [0.25, 0.3) is 0 Å². The number of hydrogen-bond donors (Lipinski definition) is 3. The molecule has 6 heteroatoms. The maximum Gasteiger partial charge on any atom is 0.305 e. The maximum absolute atomic E-state index is 12.4. The van der Waals surface area contributed by atoms with Crippen molar-refractivity contribution in [1.29, 1.82) is 0 Å². The van der Waals surface area contributed by atoms with Crippen molar-refractivity contribution in [2.24, 2.45) is 0 Å². The van der Waals surface area contributed by atoms with Crippen LogP contribution in [0.2, 0.25) is 0 Å². The zero-order valence-electron chi connectivity index (χ0n) is 39.9. The minimum Gasteiger partial charge on any atom is -0.466 e. The van der Waals surface area contributed by atoms with E-state index < -0.39 is 12.1 Å². The van der Waals surface area contributed by atoms with Gasteiger partial charge in [-0.25, -0.2) is 0 Å². The molecule has 6 nitrogen and oxygen atoms in total. The average molecular weight is 844 g/mol. The summed E-state index contributed by atoms with van der Waals surface area (Å²) in [5.41, 5.74) is 0. The van der Waals surface area contributed by atoms with Gasteiger partial charge in [0.2, 0.25) is 5.91 Å². The second kappa shape index (κ2) is 49.7. The Labute approximate surface area is 373 Å². The van der Waals surface area contributed by atoms with E-state index in [4.69, 9.17) is 4.74 Å². The number of nitrogens with one attached hydrogen (secondary N) is 1. The van der Waals surface area contributed by atoms with E-state index >= 15 is 0 Å². The van der Waals surface area contributed by atoms with Crippen molar-refractivity contribution in [3.8, 4) is 0 Å². The first-order valence-electron chi connectivity index (χ1n) is 26.3. The number of allylic oxidation sites excluding steroid dienone is 5. The number of rotatable bonds is 48. The lowest BCUT2D eigenvalue weighted by Crippen LogP contribution is -2.45. The summed E-state index contributed by atoms with van der Waals surface area (Å²) in [5.74, 6) is -0.122. The summed E-state index contributed by atoms with van der Waals surface area (Å²) < 4.78 is 5.44. The molecular formula is C54H101NO5. The van der Waals surface area contributed by atoms with Crippen LogP contribution in [0.15, 0.2) is 36.5 Å². The molecule has 0 aliphatic rings. The van der Waals surface area contributed by atoms with Gasteiger partial charge in [-0.05, 0) is 83.5 Å². The van der Waals surface area contributed by atoms with Crippen LogP contribution in [0.5, 0.6) is 0 Å². The summed E-state index contributed by atoms with van der Waals surface area (Å²) in [7, 11) is 0. The van der Waals surface area contributed by atoms with E-state index in [0.717, 1.165) is 70.6 Å². The molecule has 0 aromatic rings. The van der Waals surface area contributed by atoms with Gasteiger partial charge in [0.15, 0.2) is 0 Å². The Bertz CT molecular complexity index is 977. The molecule has 3 N–H and O–H groups in total. The van der Waals surface area contributed by atoms with E-state index in [9.17, 15) is 19.8 Å². The van der Waals surface area contributed by atoms with Crippen LogP contribution in [0.3, 0.4) is 0 Å². The lowest BCUT2D eigenvalue weighted by Gasteiger charge is -2.19. The van der Waals surface area contributed by atoms with Gasteiger partial charge in [-0.15, -0.1) is 0 Å². The summed E-state index contributed by atoms with van der Waals surface area (Å²) in [5, 5.41) is 23.1. The second-order valence-electron chi connectivity index (χ2n) is 17.8. The van der Waals surface area contributed by atoms with Crippen LogP contribution in [-0.2, 0) is 14.3 Å². The van der Waals surface area contributed by atoms with E-state index in [1.807, 2.05) is 6.08 Å². The van der Waals surface area contributed by atoms with Gasteiger partial charge in [-0.3, -0.25) is 9.59 Å². The summed E-state index contributed by atoms with van der Waals surface area (Å²) in [6.07, 6.45) is 60.0. The molecule has 0 radical (unpaired) electrons. The van der Waals surface area contributed by atoms with Gasteiger partial charge in [-0.1, -0.05) is 211 Å². The average Bonchev–Trinajstić information content (AvgIpc) is 3.25. The van der Waals surface area contributed by atoms with E-state index in [2.05, 4.69) is 43.5 Å². The highest BCUT2D eigenvalue weighted by Gasteiger charge is 2.18. The lowest BCUT2D eigenvalue weighted by atomic mass is 10.0. The Balaban J connectivity index is 3.55. The molecule has 2 unspecified atom stereocenters. The van der Waals surface area contributed by atoms with E-state index in [1.54, 1.807) is 6.08 Å². The van der Waals surface area contributed by atoms with E-state index in [1.165, 1.54) is 173 Å². The normalized spacial score (nSPS) is 12.9. The molecule has 0 fully saturated rings. The molecule has 0 saturated heterocycles. The van der Waals surface area contributed by atoms with Gasteiger partial charge in [0.1, 0.15) is 0 Å². The Morgan fingerprint density at radius 3 is 1.23 bits per heavy atom. The minimum absolute atomic E-state index is 0.0245. The maximum atomic E-state index is 12.4. The van der Waals surface area contributed by atoms with Gasteiger partial charge < -0.3 is 20.3 Å².